The summed E-state index contributed by atoms with van der Waals surface area (Å²) in [5.74, 6) is 1.45. The van der Waals surface area contributed by atoms with Gasteiger partial charge in [0.05, 0.1) is 11.3 Å². The van der Waals surface area contributed by atoms with Crippen molar-refractivity contribution in [1.29, 1.82) is 0 Å². The zero-order valence-corrected chi connectivity index (χ0v) is 22.4. The maximum absolute atomic E-state index is 14.5. The fourth-order valence-electron chi connectivity index (χ4n) is 4.92. The SMILES string of the molecule is CCCC(=O)Nc1cccc2c(Oc3ncccc3-c3ccnc(N[C@@H]4CNC[C@@](C)(F)C4)n3)c(C)ccc12. The largest absolute Gasteiger partial charge is 0.437 e. The van der Waals surface area contributed by atoms with Gasteiger partial charge in [0.2, 0.25) is 17.7 Å². The summed E-state index contributed by atoms with van der Waals surface area (Å²) in [5.41, 5.74) is 1.72. The molecule has 0 aliphatic carbocycles. The molecule has 2 aromatic heterocycles. The lowest BCUT2D eigenvalue weighted by Gasteiger charge is -2.33. The predicted octanol–water partition coefficient (Wildman–Crippen LogP) is 6.03. The van der Waals surface area contributed by atoms with Crippen LogP contribution in [0.1, 0.15) is 38.7 Å². The molecule has 1 fully saturated rings. The number of aromatic nitrogens is 3. The molecule has 3 N–H and O–H groups in total. The Morgan fingerprint density at radius 1 is 1.13 bits per heavy atom. The molecule has 8 nitrogen and oxygen atoms in total. The Morgan fingerprint density at radius 2 is 2.00 bits per heavy atom. The van der Waals surface area contributed by atoms with Crippen LogP contribution in [0.15, 0.2) is 60.9 Å². The van der Waals surface area contributed by atoms with Crippen molar-refractivity contribution in [2.45, 2.75) is 51.7 Å². The molecule has 3 heterocycles. The summed E-state index contributed by atoms with van der Waals surface area (Å²) in [7, 11) is 0. The molecule has 2 aromatic carbocycles. The number of carbonyl (C=O) groups is 1. The normalized spacial score (nSPS) is 19.0. The molecule has 1 aliphatic rings. The minimum absolute atomic E-state index is 0.0200. The number of hydrogen-bond donors (Lipinski definition) is 3. The summed E-state index contributed by atoms with van der Waals surface area (Å²) in [5, 5.41) is 11.1. The van der Waals surface area contributed by atoms with Crippen molar-refractivity contribution in [3.05, 3.63) is 66.5 Å². The molecule has 2 atom stereocenters. The molecule has 1 saturated heterocycles. The maximum Gasteiger partial charge on any atom is 0.228 e. The Labute approximate surface area is 227 Å². The number of hydrogen-bond acceptors (Lipinski definition) is 7. The van der Waals surface area contributed by atoms with Crippen LogP contribution in [-0.4, -0.2) is 45.7 Å². The number of pyridine rings is 1. The van der Waals surface area contributed by atoms with Gasteiger partial charge in [0.25, 0.3) is 0 Å². The van der Waals surface area contributed by atoms with Crippen molar-refractivity contribution in [2.24, 2.45) is 0 Å². The molecule has 9 heteroatoms. The summed E-state index contributed by atoms with van der Waals surface area (Å²) < 4.78 is 21.0. The smallest absolute Gasteiger partial charge is 0.228 e. The zero-order valence-electron chi connectivity index (χ0n) is 22.4. The second kappa shape index (κ2) is 11.3. The third kappa shape index (κ3) is 6.15. The van der Waals surface area contributed by atoms with E-state index in [4.69, 9.17) is 9.72 Å². The van der Waals surface area contributed by atoms with Crippen LogP contribution in [0.25, 0.3) is 22.0 Å². The maximum atomic E-state index is 14.5. The number of carbonyl (C=O) groups excluding carboxylic acids is 1. The van der Waals surface area contributed by atoms with Crippen LogP contribution in [0, 0.1) is 6.92 Å². The highest BCUT2D eigenvalue weighted by molar-refractivity contribution is 6.04. The Kier molecular flexibility index (Phi) is 7.70. The van der Waals surface area contributed by atoms with E-state index in [1.807, 2.05) is 56.3 Å². The minimum atomic E-state index is -1.28. The van der Waals surface area contributed by atoms with E-state index in [0.717, 1.165) is 28.4 Å². The second-order valence-electron chi connectivity index (χ2n) is 10.2. The average molecular weight is 529 g/mol. The minimum Gasteiger partial charge on any atom is -0.437 e. The first-order chi connectivity index (χ1) is 18.8. The highest BCUT2D eigenvalue weighted by Crippen LogP contribution is 2.38. The van der Waals surface area contributed by atoms with E-state index in [0.29, 0.717) is 54.8 Å². The van der Waals surface area contributed by atoms with Gasteiger partial charge in [-0.3, -0.25) is 4.79 Å². The molecule has 1 amide bonds. The predicted molar refractivity (Wildman–Crippen MR) is 152 cm³/mol. The number of alkyl halides is 1. The molecule has 1 aliphatic heterocycles. The van der Waals surface area contributed by atoms with Gasteiger partial charge in [-0.25, -0.2) is 19.3 Å². The Hall–Kier alpha value is -4.11. The van der Waals surface area contributed by atoms with Crippen molar-refractivity contribution < 1.29 is 13.9 Å². The van der Waals surface area contributed by atoms with E-state index in [-0.39, 0.29) is 11.9 Å². The number of rotatable bonds is 8. The second-order valence-corrected chi connectivity index (χ2v) is 10.2. The quantitative estimate of drug-likeness (QED) is 0.257. The van der Waals surface area contributed by atoms with Crippen LogP contribution in [0.4, 0.5) is 16.0 Å². The Balaban J connectivity index is 1.45. The van der Waals surface area contributed by atoms with Gasteiger partial charge >= 0.3 is 0 Å². The fraction of sp³-hybridized carbons (Fsp3) is 0.333. The van der Waals surface area contributed by atoms with Crippen molar-refractivity contribution >= 4 is 28.3 Å². The van der Waals surface area contributed by atoms with Gasteiger partial charge in [-0.1, -0.05) is 31.2 Å². The number of anilines is 2. The summed E-state index contributed by atoms with van der Waals surface area (Å²) in [6.07, 6.45) is 4.95. The number of ether oxygens (including phenoxy) is 1. The number of aryl methyl sites for hydroxylation is 1. The van der Waals surface area contributed by atoms with E-state index in [2.05, 4.69) is 25.9 Å². The first-order valence-electron chi connectivity index (χ1n) is 13.3. The monoisotopic (exact) mass is 528 g/mol. The van der Waals surface area contributed by atoms with Crippen molar-refractivity contribution in [2.75, 3.05) is 23.7 Å². The molecule has 0 spiro atoms. The lowest BCUT2D eigenvalue weighted by Crippen LogP contribution is -2.50. The van der Waals surface area contributed by atoms with E-state index >= 15 is 0 Å². The third-order valence-corrected chi connectivity index (χ3v) is 6.75. The summed E-state index contributed by atoms with van der Waals surface area (Å²) in [4.78, 5) is 25.9. The molecule has 0 radical (unpaired) electrons. The van der Waals surface area contributed by atoms with E-state index in [1.165, 1.54) is 0 Å². The van der Waals surface area contributed by atoms with E-state index < -0.39 is 5.67 Å². The van der Waals surface area contributed by atoms with Gasteiger partial charge in [-0.15, -0.1) is 0 Å². The van der Waals surface area contributed by atoms with Gasteiger partial charge in [0.15, 0.2) is 0 Å². The Morgan fingerprint density at radius 3 is 2.82 bits per heavy atom. The average Bonchev–Trinajstić information content (AvgIpc) is 2.90. The molecule has 4 aromatic rings. The molecule has 39 heavy (non-hydrogen) atoms. The van der Waals surface area contributed by atoms with Gasteiger partial charge in [0.1, 0.15) is 11.4 Å². The number of nitrogens with zero attached hydrogens (tertiary/aromatic N) is 3. The lowest BCUT2D eigenvalue weighted by atomic mass is 9.95. The van der Waals surface area contributed by atoms with Crippen LogP contribution in [0.2, 0.25) is 0 Å². The molecule has 0 unspecified atom stereocenters. The first-order valence-corrected chi connectivity index (χ1v) is 13.3. The highest BCUT2D eigenvalue weighted by Gasteiger charge is 2.32. The molecule has 0 bridgehead atoms. The number of halogens is 1. The summed E-state index contributed by atoms with van der Waals surface area (Å²) >= 11 is 0. The van der Waals surface area contributed by atoms with Crippen molar-refractivity contribution in [3.63, 3.8) is 0 Å². The summed E-state index contributed by atoms with van der Waals surface area (Å²) in [6, 6.07) is 15.1. The third-order valence-electron chi connectivity index (χ3n) is 6.75. The van der Waals surface area contributed by atoms with Gasteiger partial charge in [0, 0.05) is 60.8 Å². The molecular formula is C30H33FN6O2. The van der Waals surface area contributed by atoms with Crippen LogP contribution in [-0.2, 0) is 4.79 Å². The first kappa shape index (κ1) is 26.5. The highest BCUT2D eigenvalue weighted by atomic mass is 19.1. The number of amides is 1. The van der Waals surface area contributed by atoms with E-state index in [9.17, 15) is 9.18 Å². The van der Waals surface area contributed by atoms with E-state index in [1.54, 1.807) is 25.4 Å². The summed E-state index contributed by atoms with van der Waals surface area (Å²) in [6.45, 7) is 6.52. The van der Waals surface area contributed by atoms with Crippen LogP contribution in [0.5, 0.6) is 11.6 Å². The lowest BCUT2D eigenvalue weighted by molar-refractivity contribution is -0.116. The van der Waals surface area contributed by atoms with Crippen LogP contribution >= 0.6 is 0 Å². The molecule has 5 rings (SSSR count). The number of fused-ring (bicyclic) bond motifs is 1. The van der Waals surface area contributed by atoms with Crippen molar-refractivity contribution in [1.82, 2.24) is 20.3 Å². The fourth-order valence-corrected chi connectivity index (χ4v) is 4.92. The molecular weight excluding hydrogens is 495 g/mol. The van der Waals surface area contributed by atoms with Gasteiger partial charge < -0.3 is 20.7 Å². The van der Waals surface area contributed by atoms with Gasteiger partial charge in [-0.2, -0.15) is 0 Å². The topological polar surface area (TPSA) is 101 Å². The molecule has 202 valence electrons. The number of nitrogens with one attached hydrogen (secondary N) is 3. The number of benzene rings is 2. The van der Waals surface area contributed by atoms with Gasteiger partial charge in [-0.05, 0) is 50.1 Å². The van der Waals surface area contributed by atoms with Crippen LogP contribution < -0.4 is 20.7 Å². The number of piperidine rings is 1. The molecule has 0 saturated carbocycles. The standard InChI is InChI=1S/C30H33FN6O2/c1-4-7-26(38)36-24-10-5-8-22-21(24)12-11-19(2)27(22)39-28-23(9-6-14-33-28)25-13-15-34-29(37-25)35-20-16-30(3,31)18-32-17-20/h5-6,8-15,20,32H,4,7,16-18H2,1-3H3,(H,36,38)(H,34,35,37)/t20-,30-/m0/s1. The van der Waals surface area contributed by atoms with Crippen LogP contribution in [0.3, 0.4) is 0 Å². The zero-order chi connectivity index (χ0) is 27.4. The Bertz CT molecular complexity index is 1490. The van der Waals surface area contributed by atoms with Crippen molar-refractivity contribution in [3.8, 4) is 22.9 Å².